The monoisotopic (exact) mass is 257 g/mol. The van der Waals surface area contributed by atoms with Crippen LogP contribution in [0.5, 0.6) is 0 Å². The molecule has 94 valence electrons. The predicted molar refractivity (Wildman–Crippen MR) is 87.5 cm³/mol. The van der Waals surface area contributed by atoms with Crippen LogP contribution >= 0.6 is 9.24 Å². The van der Waals surface area contributed by atoms with Gasteiger partial charge in [0.1, 0.15) is 0 Å². The third-order valence-electron chi connectivity index (χ3n) is 2.72. The lowest BCUT2D eigenvalue weighted by Gasteiger charge is -2.03. The van der Waals surface area contributed by atoms with Crippen molar-refractivity contribution in [1.29, 1.82) is 0 Å². The molecular weight excluding hydrogens is 237 g/mol. The van der Waals surface area contributed by atoms with Crippen LogP contribution in [-0.2, 0) is 6.29 Å². The van der Waals surface area contributed by atoms with E-state index in [4.69, 9.17) is 0 Å². The van der Waals surface area contributed by atoms with Gasteiger partial charge >= 0.3 is 0 Å². The molecule has 0 spiro atoms. The number of hydrogen-bond acceptors (Lipinski definition) is 0. The van der Waals surface area contributed by atoms with Crippen LogP contribution in [-0.4, -0.2) is 4.57 Å². The fraction of sp³-hybridized carbons (Fsp3) is 0.125. The molecule has 1 aromatic rings. The highest BCUT2D eigenvalue weighted by atomic mass is 31.0. The van der Waals surface area contributed by atoms with E-state index in [-0.39, 0.29) is 0 Å². The molecule has 0 aliphatic rings. The lowest BCUT2D eigenvalue weighted by atomic mass is 10.2. The topological polar surface area (TPSA) is 4.93 Å². The molecule has 1 rings (SSSR count). The second kappa shape index (κ2) is 6.98. The summed E-state index contributed by atoms with van der Waals surface area (Å²) in [6, 6.07) is 0. The van der Waals surface area contributed by atoms with Gasteiger partial charge in [0.15, 0.2) is 0 Å². The van der Waals surface area contributed by atoms with E-state index in [1.54, 1.807) is 6.08 Å². The average molecular weight is 257 g/mol. The molecule has 1 atom stereocenters. The van der Waals surface area contributed by atoms with Crippen molar-refractivity contribution < 1.29 is 0 Å². The molecule has 0 fully saturated rings. The Bertz CT molecular complexity index is 600. The van der Waals surface area contributed by atoms with E-state index < -0.39 is 0 Å². The van der Waals surface area contributed by atoms with Crippen LogP contribution in [0.25, 0.3) is 24.8 Å². The zero-order valence-electron chi connectivity index (χ0n) is 10.9. The highest BCUT2D eigenvalue weighted by molar-refractivity contribution is 7.15. The van der Waals surface area contributed by atoms with E-state index >= 15 is 0 Å². The highest BCUT2D eigenvalue weighted by Crippen LogP contribution is 2.09. The summed E-state index contributed by atoms with van der Waals surface area (Å²) in [6.45, 7) is 13.7. The number of allylic oxidation sites excluding steroid dienone is 4. The predicted octanol–water partition coefficient (Wildman–Crippen LogP) is 2.93. The zero-order valence-corrected chi connectivity index (χ0v) is 12.0. The van der Waals surface area contributed by atoms with Crippen molar-refractivity contribution in [2.45, 2.75) is 13.2 Å². The largest absolute Gasteiger partial charge is 0.337 e. The fourth-order valence-corrected chi connectivity index (χ4v) is 2.27. The second-order valence-electron chi connectivity index (χ2n) is 3.76. The standard InChI is InChI=1S/C16H20NP/c1-5-8-10-15-13(4)14(7-3)16(11-9-6-2)17(15)12-18/h5-11H,2-4,12,18H2,1H3/b8-5-,11-9-,15-10+. The van der Waals surface area contributed by atoms with E-state index in [0.717, 1.165) is 28.1 Å². The summed E-state index contributed by atoms with van der Waals surface area (Å²) < 4.78 is 2.20. The van der Waals surface area contributed by atoms with Gasteiger partial charge in [-0.25, -0.2) is 0 Å². The molecule has 0 N–H and O–H groups in total. The van der Waals surface area contributed by atoms with Crippen molar-refractivity contribution in [3.63, 3.8) is 0 Å². The molecule has 1 unspecified atom stereocenters. The summed E-state index contributed by atoms with van der Waals surface area (Å²) in [7, 11) is 2.75. The Morgan fingerprint density at radius 2 is 2.00 bits per heavy atom. The molecule has 0 saturated carbocycles. The lowest BCUT2D eigenvalue weighted by molar-refractivity contribution is 0.856. The molecule has 2 heteroatoms. The van der Waals surface area contributed by atoms with Crippen molar-refractivity contribution in [1.82, 2.24) is 4.57 Å². The molecule has 0 aliphatic carbocycles. The maximum absolute atomic E-state index is 4.16. The minimum Gasteiger partial charge on any atom is -0.337 e. The third kappa shape index (κ3) is 2.80. The maximum atomic E-state index is 4.16. The summed E-state index contributed by atoms with van der Waals surface area (Å²) >= 11 is 0. The second-order valence-corrected chi connectivity index (χ2v) is 4.13. The number of hydrogen-bond donors (Lipinski definition) is 0. The van der Waals surface area contributed by atoms with Crippen molar-refractivity contribution in [3.8, 4) is 0 Å². The summed E-state index contributed by atoms with van der Waals surface area (Å²) in [4.78, 5) is 0. The summed E-state index contributed by atoms with van der Waals surface area (Å²) in [5, 5.41) is 2.12. The Labute approximate surface area is 111 Å². The highest BCUT2D eigenvalue weighted by Gasteiger charge is 2.07. The molecule has 0 amide bonds. The molecular formula is C16H20NP. The Hall–Kier alpha value is -1.59. The molecule has 1 nitrogen and oxygen atoms in total. The van der Waals surface area contributed by atoms with Crippen LogP contribution in [0.2, 0.25) is 0 Å². The molecule has 0 saturated heterocycles. The third-order valence-corrected chi connectivity index (χ3v) is 3.08. The van der Waals surface area contributed by atoms with Crippen LogP contribution in [0.3, 0.4) is 0 Å². The minimum atomic E-state index is 0.816. The van der Waals surface area contributed by atoms with Crippen molar-refractivity contribution in [2.75, 3.05) is 0 Å². The van der Waals surface area contributed by atoms with Gasteiger partial charge < -0.3 is 4.57 Å². The fourth-order valence-electron chi connectivity index (χ4n) is 1.87. The van der Waals surface area contributed by atoms with E-state index in [1.807, 2.05) is 37.3 Å². The smallest absolute Gasteiger partial charge is 0.0494 e. The number of nitrogens with zero attached hydrogens (tertiary/aromatic N) is 1. The van der Waals surface area contributed by atoms with Gasteiger partial charge in [-0.2, -0.15) is 0 Å². The molecule has 0 aliphatic heterocycles. The molecule has 1 heterocycles. The van der Waals surface area contributed by atoms with Crippen LogP contribution in [0.15, 0.2) is 37.5 Å². The van der Waals surface area contributed by atoms with Gasteiger partial charge in [-0.05, 0) is 19.1 Å². The maximum Gasteiger partial charge on any atom is 0.0494 e. The average Bonchev–Trinajstić information content (AvgIpc) is 2.65. The van der Waals surface area contributed by atoms with Gasteiger partial charge in [0, 0.05) is 28.1 Å². The lowest BCUT2D eigenvalue weighted by Crippen LogP contribution is -2.27. The summed E-state index contributed by atoms with van der Waals surface area (Å²) in [6.07, 6.45) is 14.5. The minimum absolute atomic E-state index is 0.816. The first-order valence-corrected chi connectivity index (χ1v) is 6.68. The molecule has 0 bridgehead atoms. The van der Waals surface area contributed by atoms with Crippen molar-refractivity contribution in [3.05, 3.63) is 59.3 Å². The van der Waals surface area contributed by atoms with E-state index in [9.17, 15) is 0 Å². The Kier molecular flexibility index (Phi) is 5.61. The number of rotatable bonds is 5. The van der Waals surface area contributed by atoms with Crippen LogP contribution in [0.1, 0.15) is 18.2 Å². The molecule has 18 heavy (non-hydrogen) atoms. The Morgan fingerprint density at radius 1 is 1.28 bits per heavy atom. The SMILES string of the molecule is C=C/C=C\c1c(C=C)c(=C)/c(=C\C=C/C)n1CP. The summed E-state index contributed by atoms with van der Waals surface area (Å²) in [5.74, 6) is 0. The summed E-state index contributed by atoms with van der Waals surface area (Å²) in [5.41, 5.74) is 2.19. The van der Waals surface area contributed by atoms with Gasteiger partial charge in [-0.15, -0.1) is 9.24 Å². The van der Waals surface area contributed by atoms with Gasteiger partial charge in [0.05, 0.1) is 0 Å². The van der Waals surface area contributed by atoms with Crippen molar-refractivity contribution in [2.24, 2.45) is 0 Å². The van der Waals surface area contributed by atoms with Crippen LogP contribution < -0.4 is 10.6 Å². The van der Waals surface area contributed by atoms with Gasteiger partial charge in [0.2, 0.25) is 0 Å². The van der Waals surface area contributed by atoms with Gasteiger partial charge in [0.25, 0.3) is 0 Å². The molecule has 0 radical (unpaired) electrons. The Balaban J connectivity index is 3.70. The van der Waals surface area contributed by atoms with E-state index in [0.29, 0.717) is 0 Å². The Morgan fingerprint density at radius 3 is 2.50 bits per heavy atom. The first kappa shape index (κ1) is 14.5. The van der Waals surface area contributed by atoms with Crippen LogP contribution in [0, 0.1) is 0 Å². The van der Waals surface area contributed by atoms with Crippen LogP contribution in [0.4, 0.5) is 0 Å². The van der Waals surface area contributed by atoms with Gasteiger partial charge in [-0.3, -0.25) is 0 Å². The normalized spacial score (nSPS) is 12.7. The van der Waals surface area contributed by atoms with E-state index in [2.05, 4.69) is 39.6 Å². The zero-order chi connectivity index (χ0) is 13.5. The van der Waals surface area contributed by atoms with Gasteiger partial charge in [-0.1, -0.05) is 50.1 Å². The first-order chi connectivity index (χ1) is 8.71. The van der Waals surface area contributed by atoms with E-state index in [1.165, 1.54) is 0 Å². The molecule has 0 aromatic carbocycles. The first-order valence-electron chi connectivity index (χ1n) is 5.87. The quantitative estimate of drug-likeness (QED) is 0.564. The number of aromatic nitrogens is 1. The van der Waals surface area contributed by atoms with Crippen molar-refractivity contribution >= 4 is 34.0 Å². The molecule has 1 aromatic heterocycles.